The average Bonchev–Trinajstić information content (AvgIpc) is 2.33. The zero-order chi connectivity index (χ0) is 15.3. The van der Waals surface area contributed by atoms with Crippen molar-refractivity contribution in [3.8, 4) is 0 Å². The van der Waals surface area contributed by atoms with E-state index < -0.39 is 0 Å². The predicted molar refractivity (Wildman–Crippen MR) is 84.9 cm³/mol. The molecule has 1 amide bonds. The number of anilines is 1. The summed E-state index contributed by atoms with van der Waals surface area (Å²) in [5.41, 5.74) is 8.14. The normalized spacial score (nSPS) is 11.2. The minimum atomic E-state index is 0.0381. The van der Waals surface area contributed by atoms with Crippen LogP contribution in [-0.2, 0) is 0 Å². The van der Waals surface area contributed by atoms with Gasteiger partial charge in [0, 0.05) is 25.3 Å². The molecule has 0 radical (unpaired) electrons. The second-order valence-electron chi connectivity index (χ2n) is 5.99. The van der Waals surface area contributed by atoms with Crippen LogP contribution in [-0.4, -0.2) is 49.4 Å². The Kier molecular flexibility index (Phi) is 6.02. The maximum atomic E-state index is 12.8. The van der Waals surface area contributed by atoms with Crippen LogP contribution in [0, 0.1) is 12.8 Å². The molecule has 0 aliphatic heterocycles. The smallest absolute Gasteiger partial charge is 0.256 e. The number of likely N-dealkylation sites (N-methyl/N-ethyl adjacent to an activating group) is 1. The minimum Gasteiger partial charge on any atom is -0.398 e. The van der Waals surface area contributed by atoms with Crippen LogP contribution in [0.2, 0.25) is 0 Å². The first-order valence-corrected chi connectivity index (χ1v) is 7.12. The molecular weight excluding hydrogens is 250 g/mol. The third kappa shape index (κ3) is 4.53. The highest BCUT2D eigenvalue weighted by atomic mass is 16.2. The highest BCUT2D eigenvalue weighted by Gasteiger charge is 2.20. The van der Waals surface area contributed by atoms with Gasteiger partial charge < -0.3 is 15.5 Å². The van der Waals surface area contributed by atoms with Gasteiger partial charge in [-0.25, -0.2) is 0 Å². The van der Waals surface area contributed by atoms with Gasteiger partial charge in [-0.15, -0.1) is 0 Å². The number of carbonyl (C=O) groups excluding carboxylic acids is 1. The molecule has 0 aliphatic rings. The molecule has 4 heteroatoms. The zero-order valence-electron chi connectivity index (χ0n) is 13.3. The van der Waals surface area contributed by atoms with Crippen molar-refractivity contribution in [3.63, 3.8) is 0 Å². The number of nitrogens with zero attached hydrogens (tertiary/aromatic N) is 2. The van der Waals surface area contributed by atoms with E-state index in [0.717, 1.165) is 25.2 Å². The third-order valence-electron chi connectivity index (χ3n) is 3.21. The number of hydrogen-bond donors (Lipinski definition) is 1. The number of nitrogen functional groups attached to an aromatic ring is 1. The van der Waals surface area contributed by atoms with Crippen molar-refractivity contribution in [2.45, 2.75) is 20.8 Å². The van der Waals surface area contributed by atoms with Gasteiger partial charge in [0.25, 0.3) is 5.91 Å². The third-order valence-corrected chi connectivity index (χ3v) is 3.21. The molecule has 112 valence electrons. The van der Waals surface area contributed by atoms with E-state index in [0.29, 0.717) is 17.2 Å². The van der Waals surface area contributed by atoms with Gasteiger partial charge in [-0.3, -0.25) is 4.79 Å². The van der Waals surface area contributed by atoms with Crippen LogP contribution in [0.15, 0.2) is 18.2 Å². The van der Waals surface area contributed by atoms with E-state index in [4.69, 9.17) is 5.73 Å². The topological polar surface area (TPSA) is 49.6 Å². The van der Waals surface area contributed by atoms with Gasteiger partial charge in [-0.1, -0.05) is 26.0 Å². The Morgan fingerprint density at radius 3 is 2.40 bits per heavy atom. The molecule has 4 nitrogen and oxygen atoms in total. The van der Waals surface area contributed by atoms with Crippen LogP contribution >= 0.6 is 0 Å². The Hall–Kier alpha value is -1.55. The number of nitrogens with two attached hydrogens (primary N) is 1. The van der Waals surface area contributed by atoms with E-state index in [1.54, 1.807) is 6.07 Å². The lowest BCUT2D eigenvalue weighted by atomic mass is 10.0. The lowest BCUT2D eigenvalue weighted by Gasteiger charge is -2.27. The number of rotatable bonds is 6. The van der Waals surface area contributed by atoms with Crippen molar-refractivity contribution in [2.24, 2.45) is 5.92 Å². The van der Waals surface area contributed by atoms with E-state index >= 15 is 0 Å². The first kappa shape index (κ1) is 16.5. The first-order valence-electron chi connectivity index (χ1n) is 7.12. The SMILES string of the molecule is Cc1cccc(N)c1C(=O)N(CCN(C)C)CC(C)C. The molecule has 1 rings (SSSR count). The zero-order valence-corrected chi connectivity index (χ0v) is 13.3. The molecule has 0 fully saturated rings. The van der Waals surface area contributed by atoms with Crippen LogP contribution in [0.3, 0.4) is 0 Å². The molecule has 0 heterocycles. The van der Waals surface area contributed by atoms with Gasteiger partial charge in [0.15, 0.2) is 0 Å². The summed E-state index contributed by atoms with van der Waals surface area (Å²) in [6.07, 6.45) is 0. The van der Waals surface area contributed by atoms with E-state index in [-0.39, 0.29) is 5.91 Å². The molecule has 0 unspecified atom stereocenters. The molecule has 0 aromatic heterocycles. The molecule has 0 aliphatic carbocycles. The highest BCUT2D eigenvalue weighted by Crippen LogP contribution is 2.19. The van der Waals surface area contributed by atoms with Crippen molar-refractivity contribution in [2.75, 3.05) is 39.5 Å². The number of aryl methyl sites for hydroxylation is 1. The maximum Gasteiger partial charge on any atom is 0.256 e. The molecule has 0 atom stereocenters. The van der Waals surface area contributed by atoms with E-state index in [9.17, 15) is 4.79 Å². The molecule has 0 saturated heterocycles. The van der Waals surface area contributed by atoms with Crippen LogP contribution in [0.4, 0.5) is 5.69 Å². The second-order valence-corrected chi connectivity index (χ2v) is 5.99. The molecule has 0 saturated carbocycles. The fourth-order valence-electron chi connectivity index (χ4n) is 2.18. The number of benzene rings is 1. The molecule has 20 heavy (non-hydrogen) atoms. The van der Waals surface area contributed by atoms with E-state index in [1.165, 1.54) is 0 Å². The van der Waals surface area contributed by atoms with Gasteiger partial charge in [-0.05, 0) is 38.6 Å². The fourth-order valence-corrected chi connectivity index (χ4v) is 2.18. The average molecular weight is 277 g/mol. The largest absolute Gasteiger partial charge is 0.398 e. The van der Waals surface area contributed by atoms with Gasteiger partial charge in [0.1, 0.15) is 0 Å². The Labute approximate surface area is 122 Å². The molecule has 2 N–H and O–H groups in total. The lowest BCUT2D eigenvalue weighted by molar-refractivity contribution is 0.0725. The summed E-state index contributed by atoms with van der Waals surface area (Å²) in [6, 6.07) is 5.61. The second kappa shape index (κ2) is 7.29. The van der Waals surface area contributed by atoms with Gasteiger partial charge in [0.2, 0.25) is 0 Å². The van der Waals surface area contributed by atoms with E-state index in [2.05, 4.69) is 18.7 Å². The molecule has 1 aromatic carbocycles. The number of carbonyl (C=O) groups is 1. The molecule has 0 bridgehead atoms. The number of amides is 1. The predicted octanol–water partition coefficient (Wildman–Crippen LogP) is 2.24. The standard InChI is InChI=1S/C16H27N3O/c1-12(2)11-19(10-9-18(4)5)16(20)15-13(3)7-6-8-14(15)17/h6-8,12H,9-11,17H2,1-5H3. The maximum absolute atomic E-state index is 12.8. The van der Waals surface area contributed by atoms with Crippen molar-refractivity contribution in [1.82, 2.24) is 9.80 Å². The van der Waals surface area contributed by atoms with Crippen molar-refractivity contribution >= 4 is 11.6 Å². The molecular formula is C16H27N3O. The molecule has 1 aromatic rings. The van der Waals surface area contributed by atoms with E-state index in [1.807, 2.05) is 38.1 Å². The summed E-state index contributed by atoms with van der Waals surface area (Å²) < 4.78 is 0. The van der Waals surface area contributed by atoms with Crippen LogP contribution in [0.25, 0.3) is 0 Å². The van der Waals surface area contributed by atoms with Crippen LogP contribution in [0.5, 0.6) is 0 Å². The first-order chi connectivity index (χ1) is 9.32. The van der Waals surface area contributed by atoms with Gasteiger partial charge in [0.05, 0.1) is 5.56 Å². The Balaban J connectivity index is 2.97. The lowest BCUT2D eigenvalue weighted by Crippen LogP contribution is -2.39. The number of hydrogen-bond acceptors (Lipinski definition) is 3. The van der Waals surface area contributed by atoms with Crippen molar-refractivity contribution in [3.05, 3.63) is 29.3 Å². The summed E-state index contributed by atoms with van der Waals surface area (Å²) in [5.74, 6) is 0.475. The summed E-state index contributed by atoms with van der Waals surface area (Å²) in [7, 11) is 4.03. The Morgan fingerprint density at radius 2 is 1.90 bits per heavy atom. The van der Waals surface area contributed by atoms with Crippen molar-refractivity contribution < 1.29 is 4.79 Å². The Bertz CT molecular complexity index is 435. The summed E-state index contributed by atoms with van der Waals surface area (Å²) in [6.45, 7) is 8.50. The Morgan fingerprint density at radius 1 is 1.25 bits per heavy atom. The van der Waals surface area contributed by atoms with Crippen molar-refractivity contribution in [1.29, 1.82) is 0 Å². The highest BCUT2D eigenvalue weighted by molar-refractivity contribution is 6.00. The van der Waals surface area contributed by atoms with Crippen LogP contribution in [0.1, 0.15) is 29.8 Å². The minimum absolute atomic E-state index is 0.0381. The summed E-state index contributed by atoms with van der Waals surface area (Å²) in [5, 5.41) is 0. The van der Waals surface area contributed by atoms with Gasteiger partial charge in [-0.2, -0.15) is 0 Å². The quantitative estimate of drug-likeness (QED) is 0.811. The monoisotopic (exact) mass is 277 g/mol. The molecule has 0 spiro atoms. The summed E-state index contributed by atoms with van der Waals surface area (Å²) >= 11 is 0. The van der Waals surface area contributed by atoms with Crippen LogP contribution < -0.4 is 5.73 Å². The summed E-state index contributed by atoms with van der Waals surface area (Å²) in [4.78, 5) is 16.8. The fraction of sp³-hybridized carbons (Fsp3) is 0.562. The van der Waals surface area contributed by atoms with Gasteiger partial charge >= 0.3 is 0 Å².